The maximum Gasteiger partial charge on any atom is 0.255 e. The summed E-state index contributed by atoms with van der Waals surface area (Å²) in [4.78, 5) is 12.0. The van der Waals surface area contributed by atoms with Gasteiger partial charge in [-0.25, -0.2) is 0 Å². The highest BCUT2D eigenvalue weighted by molar-refractivity contribution is 5.97. The van der Waals surface area contributed by atoms with Gasteiger partial charge < -0.3 is 21.3 Å². The molecule has 0 saturated heterocycles. The lowest BCUT2D eigenvalue weighted by molar-refractivity contribution is 0.0913. The fraction of sp³-hybridized carbons (Fsp3) is 0.188. The second kappa shape index (κ2) is 6.28. The average molecular weight is 286 g/mol. The molecule has 0 aliphatic rings. The van der Waals surface area contributed by atoms with Crippen LogP contribution in [0.25, 0.3) is 0 Å². The maximum atomic E-state index is 12.0. The summed E-state index contributed by atoms with van der Waals surface area (Å²) >= 11 is 0. The fourth-order valence-corrected chi connectivity index (χ4v) is 1.96. The van der Waals surface area contributed by atoms with Crippen molar-refractivity contribution in [3.8, 4) is 5.75 Å². The van der Waals surface area contributed by atoms with Crippen LogP contribution in [0.5, 0.6) is 5.75 Å². The highest BCUT2D eigenvalue weighted by Crippen LogP contribution is 2.21. The van der Waals surface area contributed by atoms with Crippen molar-refractivity contribution in [2.75, 3.05) is 12.3 Å². The zero-order chi connectivity index (χ0) is 15.4. The minimum absolute atomic E-state index is 0.0445. The van der Waals surface area contributed by atoms with Crippen molar-refractivity contribution >= 4 is 11.6 Å². The SMILES string of the molecule is Cc1cccc(C(=O)NCC(O)c2ccc(N)cc2)c1O. The largest absolute Gasteiger partial charge is 0.507 e. The lowest BCUT2D eigenvalue weighted by Crippen LogP contribution is -2.28. The Bertz CT molecular complexity index is 638. The third-order valence-electron chi connectivity index (χ3n) is 3.26. The van der Waals surface area contributed by atoms with Crippen LogP contribution >= 0.6 is 0 Å². The number of aliphatic hydroxyl groups excluding tert-OH is 1. The monoisotopic (exact) mass is 286 g/mol. The van der Waals surface area contributed by atoms with Crippen molar-refractivity contribution in [1.29, 1.82) is 0 Å². The number of aryl methyl sites for hydroxylation is 1. The summed E-state index contributed by atoms with van der Waals surface area (Å²) in [6, 6.07) is 11.7. The topological polar surface area (TPSA) is 95.6 Å². The molecule has 110 valence electrons. The number of nitrogen functional groups attached to an aromatic ring is 1. The first-order valence-electron chi connectivity index (χ1n) is 6.59. The number of nitrogens with one attached hydrogen (secondary N) is 1. The van der Waals surface area contributed by atoms with Crippen LogP contribution in [0.1, 0.15) is 27.6 Å². The van der Waals surface area contributed by atoms with E-state index in [-0.39, 0.29) is 17.9 Å². The normalized spacial score (nSPS) is 11.9. The van der Waals surface area contributed by atoms with E-state index in [4.69, 9.17) is 5.73 Å². The Balaban J connectivity index is 2.00. The summed E-state index contributed by atoms with van der Waals surface area (Å²) in [5.74, 6) is -0.470. The Morgan fingerprint density at radius 3 is 2.57 bits per heavy atom. The average Bonchev–Trinajstić information content (AvgIpc) is 2.48. The molecule has 1 amide bonds. The van der Waals surface area contributed by atoms with Gasteiger partial charge in [0, 0.05) is 12.2 Å². The third kappa shape index (κ3) is 3.52. The van der Waals surface area contributed by atoms with E-state index in [1.165, 1.54) is 6.07 Å². The second-order valence-corrected chi connectivity index (χ2v) is 4.86. The van der Waals surface area contributed by atoms with Crippen molar-refractivity contribution in [2.24, 2.45) is 0 Å². The van der Waals surface area contributed by atoms with Gasteiger partial charge in [-0.1, -0.05) is 24.3 Å². The van der Waals surface area contributed by atoms with Gasteiger partial charge in [0.05, 0.1) is 11.7 Å². The predicted octanol–water partition coefficient (Wildman–Crippen LogP) is 1.75. The van der Waals surface area contributed by atoms with Crippen LogP contribution in [0.3, 0.4) is 0 Å². The maximum absolute atomic E-state index is 12.0. The number of rotatable bonds is 4. The first-order valence-corrected chi connectivity index (χ1v) is 6.59. The summed E-state index contributed by atoms with van der Waals surface area (Å²) in [6.07, 6.45) is -0.832. The van der Waals surface area contributed by atoms with Crippen LogP contribution in [0.2, 0.25) is 0 Å². The first-order chi connectivity index (χ1) is 9.99. The van der Waals surface area contributed by atoms with Gasteiger partial charge in [-0.2, -0.15) is 0 Å². The molecule has 5 N–H and O–H groups in total. The number of carbonyl (C=O) groups excluding carboxylic acids is 1. The van der Waals surface area contributed by atoms with Gasteiger partial charge in [0.2, 0.25) is 0 Å². The molecule has 5 heteroatoms. The number of aliphatic hydroxyl groups is 1. The number of benzene rings is 2. The Labute approximate surface area is 123 Å². The van der Waals surface area contributed by atoms with Gasteiger partial charge >= 0.3 is 0 Å². The molecule has 0 spiro atoms. The van der Waals surface area contributed by atoms with Gasteiger partial charge in [0.25, 0.3) is 5.91 Å². The third-order valence-corrected chi connectivity index (χ3v) is 3.26. The van der Waals surface area contributed by atoms with Gasteiger partial charge in [0.15, 0.2) is 0 Å². The van der Waals surface area contributed by atoms with Crippen LogP contribution in [0, 0.1) is 6.92 Å². The second-order valence-electron chi connectivity index (χ2n) is 4.86. The molecule has 0 aliphatic carbocycles. The molecule has 0 radical (unpaired) electrons. The molecule has 1 unspecified atom stereocenters. The van der Waals surface area contributed by atoms with Crippen molar-refractivity contribution in [3.63, 3.8) is 0 Å². The molecular formula is C16H18N2O3. The number of anilines is 1. The predicted molar refractivity (Wildman–Crippen MR) is 81.0 cm³/mol. The molecule has 0 fully saturated rings. The molecule has 0 aromatic heterocycles. The number of carbonyl (C=O) groups is 1. The van der Waals surface area contributed by atoms with Crippen LogP contribution < -0.4 is 11.1 Å². The van der Waals surface area contributed by atoms with E-state index in [1.54, 1.807) is 43.3 Å². The van der Waals surface area contributed by atoms with Gasteiger partial charge in [0.1, 0.15) is 5.75 Å². The zero-order valence-corrected chi connectivity index (χ0v) is 11.7. The van der Waals surface area contributed by atoms with Crippen molar-refractivity contribution in [2.45, 2.75) is 13.0 Å². The van der Waals surface area contributed by atoms with E-state index in [0.717, 1.165) is 0 Å². The first kappa shape index (κ1) is 14.9. The van der Waals surface area contributed by atoms with E-state index < -0.39 is 12.0 Å². The van der Waals surface area contributed by atoms with Gasteiger partial charge in [-0.15, -0.1) is 0 Å². The molecule has 21 heavy (non-hydrogen) atoms. The molecule has 0 bridgehead atoms. The molecule has 0 saturated carbocycles. The Kier molecular flexibility index (Phi) is 4.45. The molecule has 1 atom stereocenters. The highest BCUT2D eigenvalue weighted by atomic mass is 16.3. The van der Waals surface area contributed by atoms with Gasteiger partial charge in [-0.3, -0.25) is 4.79 Å². The van der Waals surface area contributed by atoms with E-state index in [0.29, 0.717) is 16.8 Å². The van der Waals surface area contributed by atoms with Crippen LogP contribution in [0.15, 0.2) is 42.5 Å². The zero-order valence-electron chi connectivity index (χ0n) is 11.7. The van der Waals surface area contributed by atoms with Gasteiger partial charge in [-0.05, 0) is 36.2 Å². The van der Waals surface area contributed by atoms with Crippen LogP contribution in [0.4, 0.5) is 5.69 Å². The highest BCUT2D eigenvalue weighted by Gasteiger charge is 2.14. The number of para-hydroxylation sites is 1. The summed E-state index contributed by atoms with van der Waals surface area (Å²) in [7, 11) is 0. The summed E-state index contributed by atoms with van der Waals surface area (Å²) < 4.78 is 0. The smallest absolute Gasteiger partial charge is 0.255 e. The fourth-order valence-electron chi connectivity index (χ4n) is 1.96. The minimum atomic E-state index is -0.832. The molecule has 2 rings (SSSR count). The minimum Gasteiger partial charge on any atom is -0.507 e. The van der Waals surface area contributed by atoms with E-state index >= 15 is 0 Å². The van der Waals surface area contributed by atoms with Crippen molar-refractivity contribution in [1.82, 2.24) is 5.32 Å². The number of aromatic hydroxyl groups is 1. The van der Waals surface area contributed by atoms with Crippen molar-refractivity contribution < 1.29 is 15.0 Å². The molecule has 2 aromatic carbocycles. The Hall–Kier alpha value is -2.53. The number of hydrogen-bond donors (Lipinski definition) is 4. The van der Waals surface area contributed by atoms with Crippen LogP contribution in [-0.2, 0) is 0 Å². The number of nitrogens with two attached hydrogens (primary N) is 1. The molecule has 0 heterocycles. The molecule has 5 nitrogen and oxygen atoms in total. The number of hydrogen-bond acceptors (Lipinski definition) is 4. The van der Waals surface area contributed by atoms with E-state index in [1.807, 2.05) is 0 Å². The van der Waals surface area contributed by atoms with Crippen LogP contribution in [-0.4, -0.2) is 22.7 Å². The molecule has 0 aliphatic heterocycles. The van der Waals surface area contributed by atoms with E-state index in [2.05, 4.69) is 5.32 Å². The molecule has 2 aromatic rings. The Morgan fingerprint density at radius 1 is 1.24 bits per heavy atom. The van der Waals surface area contributed by atoms with E-state index in [9.17, 15) is 15.0 Å². The summed E-state index contributed by atoms with van der Waals surface area (Å²) in [6.45, 7) is 1.77. The Morgan fingerprint density at radius 2 is 1.90 bits per heavy atom. The number of amides is 1. The lowest BCUT2D eigenvalue weighted by Gasteiger charge is -2.13. The van der Waals surface area contributed by atoms with Crippen molar-refractivity contribution in [3.05, 3.63) is 59.2 Å². The summed E-state index contributed by atoms with van der Waals surface area (Å²) in [5, 5.41) is 22.5. The number of phenols is 1. The summed E-state index contributed by atoms with van der Waals surface area (Å²) in [5.41, 5.74) is 7.67. The quantitative estimate of drug-likeness (QED) is 0.644. The lowest BCUT2D eigenvalue weighted by atomic mass is 10.1. The number of phenolic OH excluding ortho intramolecular Hbond substituents is 1. The molecular weight excluding hydrogens is 268 g/mol. The standard InChI is InChI=1S/C16H18N2O3/c1-10-3-2-4-13(15(10)20)16(21)18-9-14(19)11-5-7-12(17)8-6-11/h2-8,14,19-20H,9,17H2,1H3,(H,18,21).